The highest BCUT2D eigenvalue weighted by Crippen LogP contribution is 2.19. The van der Waals surface area contributed by atoms with Crippen molar-refractivity contribution >= 4 is 5.82 Å². The van der Waals surface area contributed by atoms with Crippen molar-refractivity contribution in [3.63, 3.8) is 0 Å². The lowest BCUT2D eigenvalue weighted by Gasteiger charge is -2.10. The van der Waals surface area contributed by atoms with Gasteiger partial charge >= 0.3 is 0 Å². The first kappa shape index (κ1) is 13.5. The third kappa shape index (κ3) is 3.29. The predicted molar refractivity (Wildman–Crippen MR) is 74.0 cm³/mol. The van der Waals surface area contributed by atoms with E-state index in [0.29, 0.717) is 6.42 Å². The van der Waals surface area contributed by atoms with E-state index in [0.717, 1.165) is 22.9 Å². The summed E-state index contributed by atoms with van der Waals surface area (Å²) in [5.74, 6) is 1.56. The van der Waals surface area contributed by atoms with Gasteiger partial charge in [0, 0.05) is 45.5 Å². The second-order valence-electron chi connectivity index (χ2n) is 4.46. The van der Waals surface area contributed by atoms with Crippen molar-refractivity contribution in [2.75, 3.05) is 19.5 Å². The van der Waals surface area contributed by atoms with Crippen LogP contribution >= 0.6 is 0 Å². The van der Waals surface area contributed by atoms with Crippen molar-refractivity contribution in [2.45, 2.75) is 19.4 Å². The number of aromatic nitrogens is 4. The highest BCUT2D eigenvalue weighted by Gasteiger charge is 2.10. The second-order valence-corrected chi connectivity index (χ2v) is 4.46. The maximum atomic E-state index is 5.26. The number of rotatable bonds is 5. The van der Waals surface area contributed by atoms with Crippen LogP contribution in [0.1, 0.15) is 12.7 Å². The standard InChI is InChI=1S/C13H19N5O/c1-9(19-4)5-13-16-11(6-12(14-2)17-13)10-7-15-18(3)8-10/h6-9H,5H2,1-4H3,(H,14,16,17). The zero-order valence-corrected chi connectivity index (χ0v) is 11.7. The van der Waals surface area contributed by atoms with Gasteiger partial charge in [0.2, 0.25) is 0 Å². The van der Waals surface area contributed by atoms with Crippen LogP contribution in [-0.4, -0.2) is 40.0 Å². The Balaban J connectivity index is 2.35. The Bertz CT molecular complexity index is 552. The largest absolute Gasteiger partial charge is 0.381 e. The molecule has 0 aliphatic carbocycles. The molecule has 0 aromatic carbocycles. The normalized spacial score (nSPS) is 12.4. The molecule has 2 aromatic heterocycles. The van der Waals surface area contributed by atoms with Crippen LogP contribution in [0, 0.1) is 0 Å². The van der Waals surface area contributed by atoms with E-state index in [9.17, 15) is 0 Å². The van der Waals surface area contributed by atoms with Gasteiger partial charge in [0.05, 0.1) is 18.0 Å². The molecule has 2 aromatic rings. The van der Waals surface area contributed by atoms with Crippen LogP contribution in [0.2, 0.25) is 0 Å². The molecule has 0 aliphatic rings. The molecule has 1 N–H and O–H groups in total. The van der Waals surface area contributed by atoms with E-state index < -0.39 is 0 Å². The molecule has 1 unspecified atom stereocenters. The SMILES string of the molecule is CNc1cc(-c2cnn(C)c2)nc(CC(C)OC)n1. The van der Waals surface area contributed by atoms with Crippen LogP contribution in [0.3, 0.4) is 0 Å². The summed E-state index contributed by atoms with van der Waals surface area (Å²) < 4.78 is 7.02. The molecular formula is C13H19N5O. The van der Waals surface area contributed by atoms with E-state index in [2.05, 4.69) is 20.4 Å². The van der Waals surface area contributed by atoms with Crippen molar-refractivity contribution in [1.82, 2.24) is 19.7 Å². The topological polar surface area (TPSA) is 64.9 Å². The Hall–Kier alpha value is -1.95. The molecule has 0 radical (unpaired) electrons. The van der Waals surface area contributed by atoms with Crippen molar-refractivity contribution in [2.24, 2.45) is 7.05 Å². The van der Waals surface area contributed by atoms with Gasteiger partial charge in [0.1, 0.15) is 11.6 Å². The molecule has 0 saturated heterocycles. The average molecular weight is 261 g/mol. The van der Waals surface area contributed by atoms with Crippen molar-refractivity contribution in [3.05, 3.63) is 24.3 Å². The van der Waals surface area contributed by atoms with Gasteiger partial charge in [-0.3, -0.25) is 4.68 Å². The quantitative estimate of drug-likeness (QED) is 0.883. The fraction of sp³-hybridized carbons (Fsp3) is 0.462. The predicted octanol–water partition coefficient (Wildman–Crippen LogP) is 1.50. The number of nitrogens with zero attached hydrogens (tertiary/aromatic N) is 4. The minimum atomic E-state index is 0.0915. The summed E-state index contributed by atoms with van der Waals surface area (Å²) in [6.07, 6.45) is 4.50. The smallest absolute Gasteiger partial charge is 0.134 e. The Morgan fingerprint density at radius 2 is 2.21 bits per heavy atom. The fourth-order valence-corrected chi connectivity index (χ4v) is 1.76. The maximum absolute atomic E-state index is 5.26. The first-order valence-electron chi connectivity index (χ1n) is 6.20. The Morgan fingerprint density at radius 1 is 1.42 bits per heavy atom. The molecule has 1 atom stereocenters. The Morgan fingerprint density at radius 3 is 2.79 bits per heavy atom. The van der Waals surface area contributed by atoms with Crippen LogP contribution in [0.5, 0.6) is 0 Å². The van der Waals surface area contributed by atoms with E-state index in [4.69, 9.17) is 4.74 Å². The number of ether oxygens (including phenoxy) is 1. The molecule has 6 heteroatoms. The lowest BCUT2D eigenvalue weighted by atomic mass is 10.2. The summed E-state index contributed by atoms with van der Waals surface area (Å²) in [6, 6.07) is 1.91. The molecular weight excluding hydrogens is 242 g/mol. The Labute approximate surface area is 112 Å². The molecule has 2 rings (SSSR count). The van der Waals surface area contributed by atoms with Gasteiger partial charge in [-0.2, -0.15) is 5.10 Å². The van der Waals surface area contributed by atoms with E-state index in [1.807, 2.05) is 33.3 Å². The van der Waals surface area contributed by atoms with E-state index in [-0.39, 0.29) is 6.10 Å². The van der Waals surface area contributed by atoms with Crippen LogP contribution < -0.4 is 5.32 Å². The first-order valence-corrected chi connectivity index (χ1v) is 6.20. The van der Waals surface area contributed by atoms with Gasteiger partial charge in [0.15, 0.2) is 0 Å². The minimum absolute atomic E-state index is 0.0915. The molecule has 19 heavy (non-hydrogen) atoms. The van der Waals surface area contributed by atoms with Crippen molar-refractivity contribution in [3.8, 4) is 11.3 Å². The summed E-state index contributed by atoms with van der Waals surface area (Å²) in [4.78, 5) is 9.01. The molecule has 0 spiro atoms. The number of methoxy groups -OCH3 is 1. The van der Waals surface area contributed by atoms with E-state index >= 15 is 0 Å². The fourth-order valence-electron chi connectivity index (χ4n) is 1.76. The lowest BCUT2D eigenvalue weighted by molar-refractivity contribution is 0.117. The lowest BCUT2D eigenvalue weighted by Crippen LogP contribution is -2.12. The number of hydrogen-bond donors (Lipinski definition) is 1. The van der Waals surface area contributed by atoms with Gasteiger partial charge in [-0.05, 0) is 6.92 Å². The number of hydrogen-bond acceptors (Lipinski definition) is 5. The van der Waals surface area contributed by atoms with Gasteiger partial charge in [-0.15, -0.1) is 0 Å². The highest BCUT2D eigenvalue weighted by molar-refractivity contribution is 5.60. The zero-order valence-electron chi connectivity index (χ0n) is 11.7. The molecule has 0 aliphatic heterocycles. The van der Waals surface area contributed by atoms with Gasteiger partial charge < -0.3 is 10.1 Å². The highest BCUT2D eigenvalue weighted by atomic mass is 16.5. The first-order chi connectivity index (χ1) is 9.12. The van der Waals surface area contributed by atoms with Crippen molar-refractivity contribution < 1.29 is 4.74 Å². The summed E-state index contributed by atoms with van der Waals surface area (Å²) in [5.41, 5.74) is 1.85. The van der Waals surface area contributed by atoms with Gasteiger partial charge in [-0.1, -0.05) is 0 Å². The molecule has 0 fully saturated rings. The summed E-state index contributed by atoms with van der Waals surface area (Å²) in [6.45, 7) is 2.00. The Kier molecular flexibility index (Phi) is 4.11. The molecule has 2 heterocycles. The molecule has 0 saturated carbocycles. The van der Waals surface area contributed by atoms with E-state index in [1.54, 1.807) is 18.0 Å². The molecule has 0 amide bonds. The molecule has 102 valence electrons. The third-order valence-electron chi connectivity index (χ3n) is 2.90. The molecule has 0 bridgehead atoms. The van der Waals surface area contributed by atoms with Crippen LogP contribution in [0.25, 0.3) is 11.3 Å². The van der Waals surface area contributed by atoms with Gasteiger partial charge in [0.25, 0.3) is 0 Å². The zero-order chi connectivity index (χ0) is 13.8. The number of aryl methyl sites for hydroxylation is 1. The second kappa shape index (κ2) is 5.79. The van der Waals surface area contributed by atoms with Crippen LogP contribution in [-0.2, 0) is 18.2 Å². The summed E-state index contributed by atoms with van der Waals surface area (Å²) in [7, 11) is 5.42. The van der Waals surface area contributed by atoms with Crippen LogP contribution in [0.15, 0.2) is 18.5 Å². The summed E-state index contributed by atoms with van der Waals surface area (Å²) in [5, 5.41) is 7.22. The summed E-state index contributed by atoms with van der Waals surface area (Å²) >= 11 is 0. The van der Waals surface area contributed by atoms with E-state index in [1.165, 1.54) is 0 Å². The third-order valence-corrected chi connectivity index (χ3v) is 2.90. The minimum Gasteiger partial charge on any atom is -0.381 e. The van der Waals surface area contributed by atoms with Crippen molar-refractivity contribution in [1.29, 1.82) is 0 Å². The van der Waals surface area contributed by atoms with Gasteiger partial charge in [-0.25, -0.2) is 9.97 Å². The number of nitrogens with one attached hydrogen (secondary N) is 1. The number of anilines is 1. The maximum Gasteiger partial charge on any atom is 0.134 e. The monoisotopic (exact) mass is 261 g/mol. The average Bonchev–Trinajstić information content (AvgIpc) is 2.85. The molecule has 6 nitrogen and oxygen atoms in total. The van der Waals surface area contributed by atoms with Crippen LogP contribution in [0.4, 0.5) is 5.82 Å².